The van der Waals surface area contributed by atoms with Crippen molar-refractivity contribution in [3.63, 3.8) is 0 Å². The molecule has 2 aromatic carbocycles. The third-order valence-corrected chi connectivity index (χ3v) is 4.21. The molecule has 0 unspecified atom stereocenters. The molecule has 3 aromatic rings. The Hall–Kier alpha value is -4.23. The van der Waals surface area contributed by atoms with Gasteiger partial charge in [0, 0.05) is 0 Å². The van der Waals surface area contributed by atoms with Gasteiger partial charge in [-0.3, -0.25) is 0 Å². The fourth-order valence-corrected chi connectivity index (χ4v) is 2.86. The Morgan fingerprint density at radius 2 is 1.93 bits per heavy atom. The molecule has 29 heavy (non-hydrogen) atoms. The molecule has 0 fully saturated rings. The molecule has 0 atom stereocenters. The van der Waals surface area contributed by atoms with E-state index in [0.29, 0.717) is 29.4 Å². The van der Waals surface area contributed by atoms with Crippen LogP contribution in [-0.2, 0) is 0 Å². The maximum absolute atomic E-state index is 9.72. The van der Waals surface area contributed by atoms with Crippen molar-refractivity contribution in [3.05, 3.63) is 65.4 Å². The van der Waals surface area contributed by atoms with Gasteiger partial charge in [0.25, 0.3) is 0 Å². The zero-order chi connectivity index (χ0) is 20.8. The van der Waals surface area contributed by atoms with Gasteiger partial charge in [-0.25, -0.2) is 4.68 Å². The lowest BCUT2D eigenvalue weighted by molar-refractivity contribution is 0.311. The number of nitrogens with two attached hydrogens (primary N) is 1. The SMILES string of the molecule is CCOc1ccc(/C=C(\C#N)c2nn(-c3ccccc3)c(N)c2C#N)cc1OC. The number of methoxy groups -OCH3 is 1. The van der Waals surface area contributed by atoms with Crippen LogP contribution in [0.25, 0.3) is 17.3 Å². The molecule has 0 saturated heterocycles. The number of benzene rings is 2. The summed E-state index contributed by atoms with van der Waals surface area (Å²) < 4.78 is 12.3. The van der Waals surface area contributed by atoms with Crippen molar-refractivity contribution in [2.24, 2.45) is 0 Å². The molecule has 0 amide bonds. The van der Waals surface area contributed by atoms with E-state index in [1.54, 1.807) is 31.4 Å². The fourth-order valence-electron chi connectivity index (χ4n) is 2.86. The summed E-state index contributed by atoms with van der Waals surface area (Å²) >= 11 is 0. The van der Waals surface area contributed by atoms with Crippen LogP contribution in [0.15, 0.2) is 48.5 Å². The van der Waals surface area contributed by atoms with E-state index in [9.17, 15) is 10.5 Å². The normalized spacial score (nSPS) is 10.8. The van der Waals surface area contributed by atoms with E-state index in [4.69, 9.17) is 15.2 Å². The first-order valence-corrected chi connectivity index (χ1v) is 8.90. The minimum absolute atomic E-state index is 0.152. The number of allylic oxidation sites excluding steroid dienone is 1. The molecule has 2 N–H and O–H groups in total. The fraction of sp³-hybridized carbons (Fsp3) is 0.136. The Morgan fingerprint density at radius 1 is 1.17 bits per heavy atom. The number of aromatic nitrogens is 2. The first-order chi connectivity index (χ1) is 14.1. The van der Waals surface area contributed by atoms with Crippen molar-refractivity contribution >= 4 is 17.5 Å². The molecule has 0 bridgehead atoms. The Labute approximate surface area is 168 Å². The zero-order valence-electron chi connectivity index (χ0n) is 16.1. The molecule has 0 aliphatic heterocycles. The predicted molar refractivity (Wildman–Crippen MR) is 110 cm³/mol. The van der Waals surface area contributed by atoms with E-state index in [1.807, 2.05) is 37.3 Å². The van der Waals surface area contributed by atoms with E-state index < -0.39 is 0 Å². The second kappa shape index (κ2) is 8.64. The largest absolute Gasteiger partial charge is 0.493 e. The number of hydrogen-bond acceptors (Lipinski definition) is 6. The summed E-state index contributed by atoms with van der Waals surface area (Å²) in [6, 6.07) is 18.7. The zero-order valence-corrected chi connectivity index (χ0v) is 16.1. The number of nitrogens with zero attached hydrogens (tertiary/aromatic N) is 4. The van der Waals surface area contributed by atoms with E-state index in [1.165, 1.54) is 4.68 Å². The highest BCUT2D eigenvalue weighted by atomic mass is 16.5. The first-order valence-electron chi connectivity index (χ1n) is 8.90. The molecule has 144 valence electrons. The Bertz CT molecular complexity index is 1130. The van der Waals surface area contributed by atoms with Crippen LogP contribution in [0, 0.1) is 22.7 Å². The van der Waals surface area contributed by atoms with E-state index >= 15 is 0 Å². The van der Waals surface area contributed by atoms with Gasteiger partial charge in [-0.1, -0.05) is 24.3 Å². The predicted octanol–water partition coefficient (Wildman–Crippen LogP) is 3.80. The van der Waals surface area contributed by atoms with Gasteiger partial charge >= 0.3 is 0 Å². The third-order valence-electron chi connectivity index (χ3n) is 4.21. The molecule has 1 aromatic heterocycles. The van der Waals surface area contributed by atoms with Crippen LogP contribution >= 0.6 is 0 Å². The van der Waals surface area contributed by atoms with Gasteiger partial charge in [-0.2, -0.15) is 15.6 Å². The highest BCUT2D eigenvalue weighted by molar-refractivity contribution is 5.91. The minimum atomic E-state index is 0.152. The van der Waals surface area contributed by atoms with Gasteiger partial charge < -0.3 is 15.2 Å². The summed E-state index contributed by atoms with van der Waals surface area (Å²) in [5.41, 5.74) is 8.14. The van der Waals surface area contributed by atoms with E-state index in [-0.39, 0.29) is 22.6 Å². The maximum Gasteiger partial charge on any atom is 0.161 e. The van der Waals surface area contributed by atoms with Gasteiger partial charge in [0.15, 0.2) is 11.5 Å². The molecule has 0 saturated carbocycles. The molecule has 1 heterocycles. The van der Waals surface area contributed by atoms with E-state index in [2.05, 4.69) is 17.2 Å². The van der Waals surface area contributed by atoms with E-state index in [0.717, 1.165) is 0 Å². The number of para-hydroxylation sites is 1. The van der Waals surface area contributed by atoms with Gasteiger partial charge in [-0.15, -0.1) is 0 Å². The van der Waals surface area contributed by atoms with Crippen LogP contribution in [0.4, 0.5) is 5.82 Å². The van der Waals surface area contributed by atoms with Crippen molar-refractivity contribution in [1.29, 1.82) is 10.5 Å². The summed E-state index contributed by atoms with van der Waals surface area (Å²) in [7, 11) is 1.55. The van der Waals surface area contributed by atoms with Crippen LogP contribution in [0.2, 0.25) is 0 Å². The first kappa shape index (κ1) is 19.5. The minimum Gasteiger partial charge on any atom is -0.493 e. The van der Waals surface area contributed by atoms with Crippen LogP contribution in [-0.4, -0.2) is 23.5 Å². The monoisotopic (exact) mass is 385 g/mol. The topological polar surface area (TPSA) is 110 Å². The van der Waals surface area contributed by atoms with Gasteiger partial charge in [0.2, 0.25) is 0 Å². The van der Waals surface area contributed by atoms with Crippen molar-refractivity contribution in [1.82, 2.24) is 9.78 Å². The second-order valence-electron chi connectivity index (χ2n) is 5.98. The number of ether oxygens (including phenoxy) is 2. The second-order valence-corrected chi connectivity index (χ2v) is 5.98. The van der Waals surface area contributed by atoms with Crippen LogP contribution in [0.5, 0.6) is 11.5 Å². The average Bonchev–Trinajstić information content (AvgIpc) is 3.09. The molecule has 0 radical (unpaired) electrons. The number of rotatable bonds is 6. The standard InChI is InChI=1S/C22H19N5O2/c1-3-29-19-10-9-15(12-20(19)28-2)11-16(13-23)21-18(14-24)22(25)27(26-21)17-7-5-4-6-8-17/h4-12H,3,25H2,1-2H3/b16-11+. The molecule has 0 aliphatic rings. The van der Waals surface area contributed by atoms with Gasteiger partial charge in [0.1, 0.15) is 29.2 Å². The highest BCUT2D eigenvalue weighted by Gasteiger charge is 2.20. The van der Waals surface area contributed by atoms with Crippen molar-refractivity contribution < 1.29 is 9.47 Å². The summed E-state index contributed by atoms with van der Waals surface area (Å²) in [5, 5.41) is 23.7. The summed E-state index contributed by atoms with van der Waals surface area (Å²) in [6.45, 7) is 2.40. The van der Waals surface area contributed by atoms with Crippen molar-refractivity contribution in [3.8, 4) is 29.3 Å². The molecule has 3 rings (SSSR count). The summed E-state index contributed by atoms with van der Waals surface area (Å²) in [4.78, 5) is 0. The third kappa shape index (κ3) is 3.90. The van der Waals surface area contributed by atoms with Crippen LogP contribution in [0.1, 0.15) is 23.7 Å². The van der Waals surface area contributed by atoms with Crippen LogP contribution < -0.4 is 15.2 Å². The van der Waals surface area contributed by atoms with Crippen molar-refractivity contribution in [2.45, 2.75) is 6.92 Å². The maximum atomic E-state index is 9.72. The summed E-state index contributed by atoms with van der Waals surface area (Å²) in [5.74, 6) is 1.34. The lowest BCUT2D eigenvalue weighted by atomic mass is 10.1. The van der Waals surface area contributed by atoms with Gasteiger partial charge in [0.05, 0.1) is 25.0 Å². The highest BCUT2D eigenvalue weighted by Crippen LogP contribution is 2.31. The number of hydrogen-bond donors (Lipinski definition) is 1. The molecule has 7 nitrogen and oxygen atoms in total. The number of anilines is 1. The molecular formula is C22H19N5O2. The molecule has 7 heteroatoms. The summed E-state index contributed by atoms with van der Waals surface area (Å²) in [6.07, 6.45) is 1.64. The number of nitrogen functional groups attached to an aromatic ring is 1. The molecule has 0 aliphatic carbocycles. The molecular weight excluding hydrogens is 366 g/mol. The average molecular weight is 385 g/mol. The lowest BCUT2D eigenvalue weighted by Crippen LogP contribution is -2.02. The lowest BCUT2D eigenvalue weighted by Gasteiger charge is -2.09. The smallest absolute Gasteiger partial charge is 0.161 e. The Kier molecular flexibility index (Phi) is 5.82. The number of nitriles is 2. The van der Waals surface area contributed by atoms with Crippen LogP contribution in [0.3, 0.4) is 0 Å². The Morgan fingerprint density at radius 3 is 2.55 bits per heavy atom. The van der Waals surface area contributed by atoms with Crippen molar-refractivity contribution in [2.75, 3.05) is 19.5 Å². The molecule has 0 spiro atoms. The quantitative estimate of drug-likeness (QED) is 0.646. The Balaban J connectivity index is 2.09. The van der Waals surface area contributed by atoms with Gasteiger partial charge in [-0.05, 0) is 42.8 Å².